The molecule has 27 heavy (non-hydrogen) atoms. The van der Waals surface area contributed by atoms with E-state index in [4.69, 9.17) is 0 Å². The van der Waals surface area contributed by atoms with Gasteiger partial charge in [-0.15, -0.1) is 0 Å². The number of amides is 1. The lowest BCUT2D eigenvalue weighted by molar-refractivity contribution is -0.135. The van der Waals surface area contributed by atoms with Crippen LogP contribution in [0.2, 0.25) is 0 Å². The summed E-state index contributed by atoms with van der Waals surface area (Å²) in [6.45, 7) is 0.834. The zero-order valence-corrected chi connectivity index (χ0v) is 18.5. The van der Waals surface area contributed by atoms with Crippen molar-refractivity contribution in [1.29, 1.82) is 0 Å². The number of ether oxygens (including phenoxy) is 1. The van der Waals surface area contributed by atoms with Gasteiger partial charge in [-0.25, -0.2) is 4.79 Å². The van der Waals surface area contributed by atoms with E-state index in [0.717, 1.165) is 25.3 Å². The van der Waals surface area contributed by atoms with E-state index in [1.54, 1.807) is 4.90 Å². The fourth-order valence-corrected chi connectivity index (χ4v) is 3.04. The second kappa shape index (κ2) is 11.0. The monoisotopic (exact) mass is 539 g/mol. The molecule has 0 aliphatic carbocycles. The molecule has 0 unspecified atom stereocenters. The highest BCUT2D eigenvalue weighted by Gasteiger charge is 2.11. The Balaban J connectivity index is 2.16. The Labute approximate surface area is 181 Å². The summed E-state index contributed by atoms with van der Waals surface area (Å²) in [6.07, 6.45) is 4.31. The Hall–Kier alpha value is -1.93. The molecule has 0 bridgehead atoms. The largest absolute Gasteiger partial charge is 0.466 e. The molecule has 0 spiro atoms. The molecule has 0 atom stereocenters. The number of carbonyl (C=O) groups is 2. The minimum absolute atomic E-state index is 0.261. The molecule has 0 saturated heterocycles. The van der Waals surface area contributed by atoms with Gasteiger partial charge in [0.2, 0.25) is 5.91 Å². The molecule has 4 nitrogen and oxygen atoms in total. The van der Waals surface area contributed by atoms with Crippen LogP contribution in [0.25, 0.3) is 4.48 Å². The molecule has 0 fully saturated rings. The quantitative estimate of drug-likeness (QED) is 0.289. The third-order valence-electron chi connectivity index (χ3n) is 3.70. The van der Waals surface area contributed by atoms with Crippen LogP contribution in [-0.2, 0) is 20.9 Å². The van der Waals surface area contributed by atoms with E-state index in [-0.39, 0.29) is 5.91 Å². The number of halogens is 2. The minimum atomic E-state index is -0.557. The lowest BCUT2D eigenvalue weighted by Gasteiger charge is -2.20. The topological polar surface area (TPSA) is 46.6 Å². The summed E-state index contributed by atoms with van der Waals surface area (Å²) in [7, 11) is 1.28. The first-order valence-electron chi connectivity index (χ1n) is 8.20. The van der Waals surface area contributed by atoms with E-state index >= 15 is 0 Å². The second-order valence-electron chi connectivity index (χ2n) is 5.62. The normalized spacial score (nSPS) is 11.4. The molecule has 0 N–H and O–H groups in total. The molecule has 6 heteroatoms. The van der Waals surface area contributed by atoms with Crippen LogP contribution in [-0.4, -0.2) is 30.4 Å². The third-order valence-corrected chi connectivity index (χ3v) is 5.20. The van der Waals surface area contributed by atoms with Gasteiger partial charge in [-0.1, -0.05) is 64.5 Å². The van der Waals surface area contributed by atoms with Crippen molar-refractivity contribution >= 4 is 54.9 Å². The minimum Gasteiger partial charge on any atom is -0.466 e. The van der Waals surface area contributed by atoms with Gasteiger partial charge in [0.05, 0.1) is 7.11 Å². The Morgan fingerprint density at radius 2 is 1.74 bits per heavy atom. The Morgan fingerprint density at radius 1 is 1.07 bits per heavy atom. The summed E-state index contributed by atoms with van der Waals surface area (Å²) < 4.78 is 6.61. The first kappa shape index (κ1) is 21.4. The average molecular weight is 540 g/mol. The Kier molecular flexibility index (Phi) is 8.74. The van der Waals surface area contributed by atoms with Gasteiger partial charge >= 0.3 is 5.97 Å². The molecule has 0 aliphatic rings. The average Bonchev–Trinajstić information content (AvgIpc) is 2.70. The highest BCUT2D eigenvalue weighted by molar-refractivity contribution is 14.1. The van der Waals surface area contributed by atoms with E-state index in [9.17, 15) is 9.59 Å². The molecular weight excluding hydrogens is 521 g/mol. The summed E-state index contributed by atoms with van der Waals surface area (Å²) in [4.78, 5) is 25.5. The van der Waals surface area contributed by atoms with Gasteiger partial charge in [0, 0.05) is 33.3 Å². The van der Waals surface area contributed by atoms with Gasteiger partial charge in [0.1, 0.15) is 0 Å². The van der Waals surface area contributed by atoms with Gasteiger partial charge in [-0.2, -0.15) is 0 Å². The van der Waals surface area contributed by atoms with Crippen molar-refractivity contribution in [2.75, 3.05) is 13.7 Å². The van der Waals surface area contributed by atoms with E-state index in [0.29, 0.717) is 13.1 Å². The lowest BCUT2D eigenvalue weighted by atomic mass is 10.2. The van der Waals surface area contributed by atoms with Crippen molar-refractivity contribution in [2.45, 2.75) is 6.54 Å². The molecule has 1 amide bonds. The summed E-state index contributed by atoms with van der Waals surface area (Å²) in [5.74, 6) is -0.818. The number of methoxy groups -OCH3 is 1. The van der Waals surface area contributed by atoms with Crippen molar-refractivity contribution in [3.63, 3.8) is 0 Å². The molecule has 0 saturated carbocycles. The fraction of sp³-hybridized carbons (Fsp3) is 0.143. The number of nitrogens with zero attached hydrogens (tertiary/aromatic N) is 1. The van der Waals surface area contributed by atoms with Crippen molar-refractivity contribution in [3.8, 4) is 0 Å². The highest BCUT2D eigenvalue weighted by Crippen LogP contribution is 2.22. The first-order valence-corrected chi connectivity index (χ1v) is 10.1. The van der Waals surface area contributed by atoms with E-state index in [2.05, 4.69) is 43.3 Å². The standard InChI is InChI=1S/C21H19BrINO3/c1-27-21(26)12-11-20(25)24(15-16-5-3-2-4-6-16)14-13-19(22)17-7-9-18(23)10-8-17/h2-13H,14-15H2,1H3/b12-11+,19-13-. The maximum atomic E-state index is 12.5. The molecule has 0 aromatic heterocycles. The van der Waals surface area contributed by atoms with Crippen LogP contribution in [0.4, 0.5) is 0 Å². The molecule has 0 heterocycles. The van der Waals surface area contributed by atoms with Crippen LogP contribution in [0, 0.1) is 3.57 Å². The molecule has 2 rings (SSSR count). The summed E-state index contributed by atoms with van der Waals surface area (Å²) in [5.41, 5.74) is 2.05. The zero-order valence-electron chi connectivity index (χ0n) is 14.8. The Morgan fingerprint density at radius 3 is 2.37 bits per heavy atom. The van der Waals surface area contributed by atoms with Crippen LogP contribution in [0.15, 0.2) is 72.8 Å². The first-order chi connectivity index (χ1) is 13.0. The van der Waals surface area contributed by atoms with Crippen LogP contribution in [0.1, 0.15) is 11.1 Å². The fourth-order valence-electron chi connectivity index (χ4n) is 2.27. The lowest BCUT2D eigenvalue weighted by Crippen LogP contribution is -2.29. The molecule has 2 aromatic rings. The van der Waals surface area contributed by atoms with Crippen molar-refractivity contribution in [3.05, 3.63) is 87.5 Å². The van der Waals surface area contributed by atoms with Crippen molar-refractivity contribution in [1.82, 2.24) is 4.90 Å². The van der Waals surface area contributed by atoms with Crippen LogP contribution < -0.4 is 0 Å². The third kappa shape index (κ3) is 7.30. The van der Waals surface area contributed by atoms with Gasteiger partial charge in [0.15, 0.2) is 0 Å². The maximum Gasteiger partial charge on any atom is 0.330 e. The van der Waals surface area contributed by atoms with Gasteiger partial charge in [0.25, 0.3) is 0 Å². The number of carbonyl (C=O) groups excluding carboxylic acids is 2. The molecule has 0 radical (unpaired) electrons. The zero-order chi connectivity index (χ0) is 19.6. The molecule has 140 valence electrons. The predicted octanol–water partition coefficient (Wildman–Crippen LogP) is 4.79. The number of benzene rings is 2. The van der Waals surface area contributed by atoms with Gasteiger partial charge in [-0.3, -0.25) is 4.79 Å². The molecule has 2 aromatic carbocycles. The SMILES string of the molecule is COC(=O)/C=C/C(=O)N(C/C=C(\Br)c1ccc(I)cc1)Cc1ccccc1. The van der Waals surface area contributed by atoms with Crippen LogP contribution in [0.3, 0.4) is 0 Å². The Bertz CT molecular complexity index is 832. The van der Waals surface area contributed by atoms with E-state index in [1.807, 2.05) is 60.7 Å². The summed E-state index contributed by atoms with van der Waals surface area (Å²) in [6, 6.07) is 17.8. The number of hydrogen-bond acceptors (Lipinski definition) is 3. The van der Waals surface area contributed by atoms with E-state index < -0.39 is 5.97 Å². The summed E-state index contributed by atoms with van der Waals surface area (Å²) >= 11 is 5.83. The van der Waals surface area contributed by atoms with E-state index in [1.165, 1.54) is 13.2 Å². The number of esters is 1. The molecular formula is C21H19BrINO3. The van der Waals surface area contributed by atoms with Crippen molar-refractivity contribution < 1.29 is 14.3 Å². The predicted molar refractivity (Wildman–Crippen MR) is 119 cm³/mol. The second-order valence-corrected chi connectivity index (χ2v) is 7.72. The van der Waals surface area contributed by atoms with Crippen molar-refractivity contribution in [2.24, 2.45) is 0 Å². The van der Waals surface area contributed by atoms with Gasteiger partial charge < -0.3 is 9.64 Å². The number of hydrogen-bond donors (Lipinski definition) is 0. The van der Waals surface area contributed by atoms with Gasteiger partial charge in [-0.05, 0) is 45.9 Å². The summed E-state index contributed by atoms with van der Waals surface area (Å²) in [5, 5.41) is 0. The maximum absolute atomic E-state index is 12.5. The highest BCUT2D eigenvalue weighted by atomic mass is 127. The number of rotatable bonds is 7. The smallest absolute Gasteiger partial charge is 0.330 e. The van der Waals surface area contributed by atoms with Crippen LogP contribution >= 0.6 is 38.5 Å². The van der Waals surface area contributed by atoms with Crippen LogP contribution in [0.5, 0.6) is 0 Å². The molecule has 0 aliphatic heterocycles.